The topological polar surface area (TPSA) is 24.5 Å². The van der Waals surface area contributed by atoms with E-state index in [1.54, 1.807) is 0 Å². The molecule has 0 bridgehead atoms. The SMILES string of the molecule is CCC(C)C1CN(CCCC2CCCO2)C(C2CC2)CN1. The number of hydrogen-bond acceptors (Lipinski definition) is 3. The average molecular weight is 294 g/mol. The second-order valence-electron chi connectivity index (χ2n) is 7.58. The lowest BCUT2D eigenvalue weighted by atomic mass is 9.94. The third-order valence-electron chi connectivity index (χ3n) is 5.98. The number of piperazine rings is 1. The van der Waals surface area contributed by atoms with Crippen molar-refractivity contribution in [3.8, 4) is 0 Å². The van der Waals surface area contributed by atoms with Gasteiger partial charge in [0.25, 0.3) is 0 Å². The first kappa shape index (κ1) is 15.8. The lowest BCUT2D eigenvalue weighted by molar-refractivity contribution is 0.0758. The molecule has 1 N–H and O–H groups in total. The summed E-state index contributed by atoms with van der Waals surface area (Å²) < 4.78 is 5.77. The van der Waals surface area contributed by atoms with Gasteiger partial charge in [-0.1, -0.05) is 20.3 Å². The molecule has 3 aliphatic rings. The summed E-state index contributed by atoms with van der Waals surface area (Å²) in [6.45, 7) is 9.50. The fourth-order valence-corrected chi connectivity index (χ4v) is 4.12. The van der Waals surface area contributed by atoms with E-state index in [0.29, 0.717) is 12.1 Å². The van der Waals surface area contributed by atoms with Gasteiger partial charge in [-0.3, -0.25) is 4.90 Å². The van der Waals surface area contributed by atoms with Crippen molar-refractivity contribution in [2.45, 2.75) is 77.0 Å². The Morgan fingerprint density at radius 1 is 1.29 bits per heavy atom. The Morgan fingerprint density at radius 3 is 2.81 bits per heavy atom. The summed E-state index contributed by atoms with van der Waals surface area (Å²) in [6.07, 6.45) is 9.94. The second-order valence-corrected chi connectivity index (χ2v) is 7.58. The summed E-state index contributed by atoms with van der Waals surface area (Å²) in [7, 11) is 0. The van der Waals surface area contributed by atoms with Crippen molar-refractivity contribution in [1.29, 1.82) is 0 Å². The molecule has 0 aromatic rings. The maximum Gasteiger partial charge on any atom is 0.0576 e. The van der Waals surface area contributed by atoms with Gasteiger partial charge in [-0.15, -0.1) is 0 Å². The van der Waals surface area contributed by atoms with E-state index >= 15 is 0 Å². The predicted octanol–water partition coefficient (Wildman–Crippen LogP) is 3.04. The standard InChI is InChI=1S/C18H34N2O/c1-3-14(2)17-13-20(18(12-19-17)15-8-9-15)10-4-6-16-7-5-11-21-16/h14-19H,3-13H2,1-2H3. The highest BCUT2D eigenvalue weighted by Crippen LogP contribution is 2.37. The molecule has 2 heterocycles. The van der Waals surface area contributed by atoms with E-state index in [0.717, 1.165) is 24.5 Å². The molecular weight excluding hydrogens is 260 g/mol. The summed E-state index contributed by atoms with van der Waals surface area (Å²) in [5, 5.41) is 3.84. The normalized spacial score (nSPS) is 36.0. The number of rotatable bonds is 7. The molecule has 4 unspecified atom stereocenters. The molecule has 1 saturated carbocycles. The van der Waals surface area contributed by atoms with Crippen LogP contribution < -0.4 is 5.32 Å². The number of nitrogens with zero attached hydrogens (tertiary/aromatic N) is 1. The van der Waals surface area contributed by atoms with Gasteiger partial charge in [0.05, 0.1) is 6.10 Å². The Kier molecular flexibility index (Phi) is 5.58. The molecule has 2 saturated heterocycles. The molecule has 4 atom stereocenters. The fraction of sp³-hybridized carbons (Fsp3) is 1.00. The van der Waals surface area contributed by atoms with E-state index in [-0.39, 0.29) is 0 Å². The van der Waals surface area contributed by atoms with Crippen molar-refractivity contribution in [2.24, 2.45) is 11.8 Å². The molecule has 0 spiro atoms. The highest BCUT2D eigenvalue weighted by atomic mass is 16.5. The van der Waals surface area contributed by atoms with Crippen LogP contribution in [0.15, 0.2) is 0 Å². The van der Waals surface area contributed by atoms with E-state index in [4.69, 9.17) is 4.74 Å². The molecule has 0 aromatic carbocycles. The summed E-state index contributed by atoms with van der Waals surface area (Å²) >= 11 is 0. The Bertz CT molecular complexity index is 312. The first-order chi connectivity index (χ1) is 10.3. The zero-order valence-electron chi connectivity index (χ0n) is 14.0. The van der Waals surface area contributed by atoms with Gasteiger partial charge in [0.15, 0.2) is 0 Å². The first-order valence-electron chi connectivity index (χ1n) is 9.37. The van der Waals surface area contributed by atoms with Gasteiger partial charge in [0, 0.05) is 31.8 Å². The van der Waals surface area contributed by atoms with Crippen molar-refractivity contribution < 1.29 is 4.74 Å². The highest BCUT2D eigenvalue weighted by Gasteiger charge is 2.39. The Morgan fingerprint density at radius 2 is 2.14 bits per heavy atom. The molecular formula is C18H34N2O. The molecule has 122 valence electrons. The Balaban J connectivity index is 1.47. The Labute approximate surface area is 130 Å². The average Bonchev–Trinajstić information content (AvgIpc) is 3.23. The van der Waals surface area contributed by atoms with Crippen molar-refractivity contribution in [3.05, 3.63) is 0 Å². The van der Waals surface area contributed by atoms with E-state index in [9.17, 15) is 0 Å². The van der Waals surface area contributed by atoms with Crippen LogP contribution in [0.4, 0.5) is 0 Å². The van der Waals surface area contributed by atoms with Crippen LogP contribution in [-0.2, 0) is 4.74 Å². The third kappa shape index (κ3) is 4.20. The van der Waals surface area contributed by atoms with Gasteiger partial charge in [-0.25, -0.2) is 0 Å². The van der Waals surface area contributed by atoms with Crippen molar-refractivity contribution in [1.82, 2.24) is 10.2 Å². The van der Waals surface area contributed by atoms with Crippen LogP contribution in [0.25, 0.3) is 0 Å². The van der Waals surface area contributed by atoms with Gasteiger partial charge in [-0.2, -0.15) is 0 Å². The maximum atomic E-state index is 5.77. The maximum absolute atomic E-state index is 5.77. The van der Waals surface area contributed by atoms with Crippen LogP contribution in [0.1, 0.15) is 58.8 Å². The van der Waals surface area contributed by atoms with Crippen molar-refractivity contribution >= 4 is 0 Å². The smallest absolute Gasteiger partial charge is 0.0576 e. The quantitative estimate of drug-likeness (QED) is 0.781. The van der Waals surface area contributed by atoms with Crippen molar-refractivity contribution in [2.75, 3.05) is 26.2 Å². The lowest BCUT2D eigenvalue weighted by Gasteiger charge is -2.43. The largest absolute Gasteiger partial charge is 0.378 e. The molecule has 21 heavy (non-hydrogen) atoms. The van der Waals surface area contributed by atoms with Gasteiger partial charge in [-0.05, 0) is 56.9 Å². The molecule has 3 fully saturated rings. The zero-order valence-corrected chi connectivity index (χ0v) is 14.0. The minimum absolute atomic E-state index is 0.567. The second kappa shape index (κ2) is 7.43. The van der Waals surface area contributed by atoms with Crippen LogP contribution in [0.3, 0.4) is 0 Å². The van der Waals surface area contributed by atoms with Crippen LogP contribution in [0.2, 0.25) is 0 Å². The van der Waals surface area contributed by atoms with E-state index in [1.807, 2.05) is 0 Å². The van der Waals surface area contributed by atoms with E-state index < -0.39 is 0 Å². The minimum Gasteiger partial charge on any atom is -0.378 e. The van der Waals surface area contributed by atoms with Gasteiger partial charge in [0.2, 0.25) is 0 Å². The number of ether oxygens (including phenoxy) is 1. The summed E-state index contributed by atoms with van der Waals surface area (Å²) in [5.41, 5.74) is 0. The fourth-order valence-electron chi connectivity index (χ4n) is 4.12. The van der Waals surface area contributed by atoms with Crippen LogP contribution in [0, 0.1) is 11.8 Å². The van der Waals surface area contributed by atoms with Crippen molar-refractivity contribution in [3.63, 3.8) is 0 Å². The summed E-state index contributed by atoms with van der Waals surface area (Å²) in [5.74, 6) is 1.78. The van der Waals surface area contributed by atoms with Gasteiger partial charge < -0.3 is 10.1 Å². The van der Waals surface area contributed by atoms with Gasteiger partial charge in [0.1, 0.15) is 0 Å². The number of nitrogens with one attached hydrogen (secondary N) is 1. The summed E-state index contributed by atoms with van der Waals surface area (Å²) in [4.78, 5) is 2.82. The third-order valence-corrected chi connectivity index (χ3v) is 5.98. The molecule has 0 amide bonds. The highest BCUT2D eigenvalue weighted by molar-refractivity contribution is 4.96. The van der Waals surface area contributed by atoms with Crippen LogP contribution in [-0.4, -0.2) is 49.3 Å². The molecule has 3 nitrogen and oxygen atoms in total. The molecule has 2 aliphatic heterocycles. The molecule has 0 radical (unpaired) electrons. The molecule has 3 rings (SSSR count). The molecule has 0 aromatic heterocycles. The Hall–Kier alpha value is -0.120. The minimum atomic E-state index is 0.567. The molecule has 1 aliphatic carbocycles. The van der Waals surface area contributed by atoms with Gasteiger partial charge >= 0.3 is 0 Å². The van der Waals surface area contributed by atoms with Crippen LogP contribution >= 0.6 is 0 Å². The monoisotopic (exact) mass is 294 g/mol. The first-order valence-corrected chi connectivity index (χ1v) is 9.37. The molecule has 3 heteroatoms. The lowest BCUT2D eigenvalue weighted by Crippen LogP contribution is -2.59. The van der Waals surface area contributed by atoms with Crippen LogP contribution in [0.5, 0.6) is 0 Å². The summed E-state index contributed by atoms with van der Waals surface area (Å²) in [6, 6.07) is 1.52. The predicted molar refractivity (Wildman–Crippen MR) is 87.5 cm³/mol. The zero-order chi connectivity index (χ0) is 14.7. The van der Waals surface area contributed by atoms with E-state index in [1.165, 1.54) is 64.6 Å². The van der Waals surface area contributed by atoms with E-state index in [2.05, 4.69) is 24.1 Å². The number of hydrogen-bond donors (Lipinski definition) is 1.